The normalized spacial score (nSPS) is 11.0. The average Bonchev–Trinajstić information content (AvgIpc) is 3.26. The first-order chi connectivity index (χ1) is 12.5. The van der Waals surface area contributed by atoms with Gasteiger partial charge in [0.25, 0.3) is 5.91 Å². The minimum atomic E-state index is -0.347. The van der Waals surface area contributed by atoms with E-state index < -0.39 is 0 Å². The molecule has 0 spiro atoms. The molecule has 2 aromatic carbocycles. The van der Waals surface area contributed by atoms with E-state index in [0.29, 0.717) is 27.7 Å². The van der Waals surface area contributed by atoms with Gasteiger partial charge in [0.05, 0.1) is 5.02 Å². The van der Waals surface area contributed by atoms with Gasteiger partial charge in [-0.15, -0.1) is 10.2 Å². The van der Waals surface area contributed by atoms with Crippen molar-refractivity contribution in [3.8, 4) is 11.5 Å². The first-order valence-electron chi connectivity index (χ1n) is 7.91. The predicted molar refractivity (Wildman–Crippen MR) is 98.4 cm³/mol. The van der Waals surface area contributed by atoms with E-state index in [9.17, 15) is 4.79 Å². The molecule has 0 fully saturated rings. The molecule has 0 radical (unpaired) electrons. The number of fused-ring (bicyclic) bond motifs is 1. The number of amides is 1. The number of rotatable bonds is 3. The number of benzene rings is 2. The van der Waals surface area contributed by atoms with Crippen molar-refractivity contribution >= 4 is 34.2 Å². The van der Waals surface area contributed by atoms with Crippen LogP contribution in [0.1, 0.15) is 21.7 Å². The molecule has 0 aliphatic rings. The monoisotopic (exact) mass is 367 g/mol. The number of aromatic nitrogens is 2. The van der Waals surface area contributed by atoms with Crippen LogP contribution in [0.5, 0.6) is 0 Å². The lowest BCUT2D eigenvalue weighted by Crippen LogP contribution is -2.13. The van der Waals surface area contributed by atoms with Crippen LogP contribution in [0.4, 0.5) is 5.69 Å². The number of anilines is 1. The summed E-state index contributed by atoms with van der Waals surface area (Å²) < 4.78 is 10.9. The standard InChI is InChI=1S/C19H14ClN3O3/c1-10-6-7-12(19-23-21-9-25-19)8-15(10)22-18(24)16-11(2)13-4-3-5-14(20)17(13)26-16/h3-9H,1-2H3,(H,22,24). The van der Waals surface area contributed by atoms with E-state index in [2.05, 4.69) is 15.5 Å². The molecule has 7 heteroatoms. The zero-order valence-corrected chi connectivity index (χ0v) is 14.8. The van der Waals surface area contributed by atoms with Gasteiger partial charge in [0.1, 0.15) is 0 Å². The summed E-state index contributed by atoms with van der Waals surface area (Å²) in [6.07, 6.45) is 1.26. The number of carbonyl (C=O) groups excluding carboxylic acids is 1. The van der Waals surface area contributed by atoms with Crippen LogP contribution >= 0.6 is 11.6 Å². The number of para-hydroxylation sites is 1. The van der Waals surface area contributed by atoms with Gasteiger partial charge in [-0.3, -0.25) is 4.79 Å². The summed E-state index contributed by atoms with van der Waals surface area (Å²) in [7, 11) is 0. The van der Waals surface area contributed by atoms with Crippen molar-refractivity contribution in [2.24, 2.45) is 0 Å². The third-order valence-electron chi connectivity index (χ3n) is 4.21. The van der Waals surface area contributed by atoms with Crippen LogP contribution in [0.2, 0.25) is 5.02 Å². The van der Waals surface area contributed by atoms with Gasteiger partial charge in [-0.1, -0.05) is 29.8 Å². The molecular weight excluding hydrogens is 354 g/mol. The maximum atomic E-state index is 12.8. The fourth-order valence-corrected chi connectivity index (χ4v) is 3.01. The largest absolute Gasteiger partial charge is 0.449 e. The highest BCUT2D eigenvalue weighted by Gasteiger charge is 2.20. The van der Waals surface area contributed by atoms with E-state index in [4.69, 9.17) is 20.4 Å². The topological polar surface area (TPSA) is 81.2 Å². The van der Waals surface area contributed by atoms with Crippen molar-refractivity contribution in [3.05, 3.63) is 64.7 Å². The summed E-state index contributed by atoms with van der Waals surface area (Å²) in [5, 5.41) is 11.7. The molecule has 130 valence electrons. The highest BCUT2D eigenvalue weighted by molar-refractivity contribution is 6.35. The Labute approximate surface area is 153 Å². The molecule has 0 aliphatic carbocycles. The number of carbonyl (C=O) groups is 1. The molecule has 2 heterocycles. The highest BCUT2D eigenvalue weighted by atomic mass is 35.5. The summed E-state index contributed by atoms with van der Waals surface area (Å²) in [4.78, 5) is 12.8. The molecule has 0 unspecified atom stereocenters. The SMILES string of the molecule is Cc1ccc(-c2nnco2)cc1NC(=O)c1oc2c(Cl)cccc2c1C. The van der Waals surface area contributed by atoms with Gasteiger partial charge in [0, 0.05) is 22.2 Å². The Morgan fingerprint density at radius 2 is 2.04 bits per heavy atom. The number of nitrogens with one attached hydrogen (secondary N) is 1. The Morgan fingerprint density at radius 1 is 1.19 bits per heavy atom. The molecule has 0 saturated carbocycles. The van der Waals surface area contributed by atoms with Crippen molar-refractivity contribution in [2.45, 2.75) is 13.8 Å². The molecule has 4 aromatic rings. The lowest BCUT2D eigenvalue weighted by Gasteiger charge is -2.08. The van der Waals surface area contributed by atoms with Gasteiger partial charge in [0.2, 0.25) is 12.3 Å². The molecular formula is C19H14ClN3O3. The summed E-state index contributed by atoms with van der Waals surface area (Å²) in [5.41, 5.74) is 3.50. The molecule has 0 bridgehead atoms. The van der Waals surface area contributed by atoms with E-state index in [1.165, 1.54) is 6.39 Å². The molecule has 26 heavy (non-hydrogen) atoms. The second kappa shape index (κ2) is 6.31. The molecule has 2 aromatic heterocycles. The van der Waals surface area contributed by atoms with Crippen LogP contribution in [-0.4, -0.2) is 16.1 Å². The van der Waals surface area contributed by atoms with Crippen LogP contribution in [0.3, 0.4) is 0 Å². The molecule has 0 aliphatic heterocycles. The first kappa shape index (κ1) is 16.4. The molecule has 0 atom stereocenters. The predicted octanol–water partition coefficient (Wildman–Crippen LogP) is 5.01. The smallest absolute Gasteiger partial charge is 0.291 e. The van der Waals surface area contributed by atoms with Gasteiger partial charge in [-0.05, 0) is 37.6 Å². The maximum absolute atomic E-state index is 12.8. The van der Waals surface area contributed by atoms with Crippen molar-refractivity contribution < 1.29 is 13.6 Å². The maximum Gasteiger partial charge on any atom is 0.291 e. The summed E-state index contributed by atoms with van der Waals surface area (Å²) in [5.74, 6) is 0.267. The Bertz CT molecular complexity index is 1120. The van der Waals surface area contributed by atoms with Crippen molar-refractivity contribution in [3.63, 3.8) is 0 Å². The Kier molecular flexibility index (Phi) is 3.97. The van der Waals surface area contributed by atoms with Crippen molar-refractivity contribution in [1.82, 2.24) is 10.2 Å². The fourth-order valence-electron chi connectivity index (χ4n) is 2.79. The van der Waals surface area contributed by atoms with Gasteiger partial charge in [-0.2, -0.15) is 0 Å². The molecule has 1 amide bonds. The second-order valence-corrected chi connectivity index (χ2v) is 6.31. The van der Waals surface area contributed by atoms with E-state index in [-0.39, 0.29) is 11.7 Å². The zero-order chi connectivity index (χ0) is 18.3. The number of hydrogen-bond donors (Lipinski definition) is 1. The van der Waals surface area contributed by atoms with Crippen LogP contribution in [-0.2, 0) is 0 Å². The van der Waals surface area contributed by atoms with E-state index >= 15 is 0 Å². The van der Waals surface area contributed by atoms with Crippen LogP contribution in [0, 0.1) is 13.8 Å². The van der Waals surface area contributed by atoms with Crippen LogP contribution in [0.25, 0.3) is 22.4 Å². The van der Waals surface area contributed by atoms with E-state index in [1.54, 1.807) is 12.1 Å². The Morgan fingerprint density at radius 3 is 2.77 bits per heavy atom. The number of halogens is 1. The van der Waals surface area contributed by atoms with Crippen molar-refractivity contribution in [2.75, 3.05) is 5.32 Å². The minimum Gasteiger partial charge on any atom is -0.449 e. The quantitative estimate of drug-likeness (QED) is 0.550. The van der Waals surface area contributed by atoms with Gasteiger partial charge >= 0.3 is 0 Å². The van der Waals surface area contributed by atoms with Crippen LogP contribution < -0.4 is 5.32 Å². The van der Waals surface area contributed by atoms with Crippen molar-refractivity contribution in [1.29, 1.82) is 0 Å². The molecule has 1 N–H and O–H groups in total. The second-order valence-electron chi connectivity index (χ2n) is 5.90. The van der Waals surface area contributed by atoms with Crippen LogP contribution in [0.15, 0.2) is 51.6 Å². The van der Waals surface area contributed by atoms with Gasteiger partial charge in [0.15, 0.2) is 11.3 Å². The molecule has 0 saturated heterocycles. The lowest BCUT2D eigenvalue weighted by atomic mass is 10.1. The third kappa shape index (κ3) is 2.74. The van der Waals surface area contributed by atoms with E-state index in [1.807, 2.05) is 38.1 Å². The average molecular weight is 368 g/mol. The molecule has 4 rings (SSSR count). The number of furan rings is 1. The number of hydrogen-bond acceptors (Lipinski definition) is 5. The summed E-state index contributed by atoms with van der Waals surface area (Å²) in [6, 6.07) is 10.9. The fraction of sp³-hybridized carbons (Fsp3) is 0.105. The number of aryl methyl sites for hydroxylation is 2. The zero-order valence-electron chi connectivity index (χ0n) is 14.0. The Hall–Kier alpha value is -3.12. The van der Waals surface area contributed by atoms with Gasteiger partial charge in [-0.25, -0.2) is 0 Å². The molecule has 6 nitrogen and oxygen atoms in total. The summed E-state index contributed by atoms with van der Waals surface area (Å²) >= 11 is 6.16. The minimum absolute atomic E-state index is 0.232. The Balaban J connectivity index is 1.70. The lowest BCUT2D eigenvalue weighted by molar-refractivity contribution is 0.0998. The highest BCUT2D eigenvalue weighted by Crippen LogP contribution is 2.31. The van der Waals surface area contributed by atoms with E-state index in [0.717, 1.165) is 16.5 Å². The third-order valence-corrected chi connectivity index (χ3v) is 4.51. The first-order valence-corrected chi connectivity index (χ1v) is 8.28. The summed E-state index contributed by atoms with van der Waals surface area (Å²) in [6.45, 7) is 3.73. The number of nitrogens with zero attached hydrogens (tertiary/aromatic N) is 2. The van der Waals surface area contributed by atoms with Gasteiger partial charge < -0.3 is 14.2 Å².